The minimum Gasteiger partial charge on any atom is -0.495 e. The van der Waals surface area contributed by atoms with Gasteiger partial charge >= 0.3 is 0 Å². The number of fused-ring (bicyclic) bond motifs is 1. The molecule has 0 spiro atoms. The molecule has 0 aliphatic heterocycles. The molecule has 2 amide bonds. The highest BCUT2D eigenvalue weighted by Gasteiger charge is 2.17. The van der Waals surface area contributed by atoms with Crippen LogP contribution in [-0.2, 0) is 4.79 Å². The zero-order valence-electron chi connectivity index (χ0n) is 19.4. The third kappa shape index (κ3) is 5.95. The standard InChI is InChI=1S/C28H30N2O4/c1-33-25-14-8-7-13-24(25)30-28(32)23-17-21-11-5-6-12-22(21)18-26(23)34-19-27(31)29-16-15-20-9-3-2-4-10-20/h5-9,11-14,17-18H,2-4,10,15-16,19H2,1H3,(H,29,31)(H,30,32). The van der Waals surface area contributed by atoms with E-state index in [4.69, 9.17) is 9.47 Å². The number of anilines is 1. The van der Waals surface area contributed by atoms with E-state index in [9.17, 15) is 9.59 Å². The third-order valence-electron chi connectivity index (χ3n) is 5.96. The normalized spacial score (nSPS) is 13.1. The number of para-hydroxylation sites is 2. The van der Waals surface area contributed by atoms with Crippen LogP contribution in [0.5, 0.6) is 11.5 Å². The van der Waals surface area contributed by atoms with E-state index in [-0.39, 0.29) is 18.4 Å². The number of carbonyl (C=O) groups is 2. The van der Waals surface area contributed by atoms with E-state index in [0.29, 0.717) is 29.3 Å². The first-order valence-electron chi connectivity index (χ1n) is 11.7. The Labute approximate surface area is 200 Å². The second kappa shape index (κ2) is 11.4. The van der Waals surface area contributed by atoms with Gasteiger partial charge in [0.15, 0.2) is 6.61 Å². The van der Waals surface area contributed by atoms with Gasteiger partial charge in [-0.3, -0.25) is 9.59 Å². The van der Waals surface area contributed by atoms with E-state index in [0.717, 1.165) is 30.0 Å². The molecule has 34 heavy (non-hydrogen) atoms. The van der Waals surface area contributed by atoms with Crippen molar-refractivity contribution < 1.29 is 19.1 Å². The molecule has 3 aromatic rings. The van der Waals surface area contributed by atoms with Crippen LogP contribution in [0, 0.1) is 0 Å². The third-order valence-corrected chi connectivity index (χ3v) is 5.96. The maximum Gasteiger partial charge on any atom is 0.259 e. The van der Waals surface area contributed by atoms with Gasteiger partial charge in [0.2, 0.25) is 0 Å². The molecular weight excluding hydrogens is 428 g/mol. The number of ether oxygens (including phenoxy) is 2. The fourth-order valence-electron chi connectivity index (χ4n) is 4.14. The number of carbonyl (C=O) groups excluding carboxylic acids is 2. The topological polar surface area (TPSA) is 76.7 Å². The average Bonchev–Trinajstić information content (AvgIpc) is 2.88. The van der Waals surface area contributed by atoms with Gasteiger partial charge in [-0.05, 0) is 67.1 Å². The van der Waals surface area contributed by atoms with Crippen LogP contribution in [0.3, 0.4) is 0 Å². The van der Waals surface area contributed by atoms with Crippen LogP contribution in [0.1, 0.15) is 42.5 Å². The van der Waals surface area contributed by atoms with Crippen molar-refractivity contribution in [2.75, 3.05) is 25.6 Å². The number of rotatable bonds is 9. The van der Waals surface area contributed by atoms with Crippen LogP contribution in [-0.4, -0.2) is 32.1 Å². The molecule has 176 valence electrons. The molecule has 3 aromatic carbocycles. The Hall–Kier alpha value is -3.80. The van der Waals surface area contributed by atoms with Crippen molar-refractivity contribution in [1.29, 1.82) is 0 Å². The highest BCUT2D eigenvalue weighted by atomic mass is 16.5. The van der Waals surface area contributed by atoms with Gasteiger partial charge < -0.3 is 20.1 Å². The van der Waals surface area contributed by atoms with Crippen LogP contribution >= 0.6 is 0 Å². The van der Waals surface area contributed by atoms with E-state index in [1.54, 1.807) is 31.4 Å². The summed E-state index contributed by atoms with van der Waals surface area (Å²) in [5.74, 6) is 0.373. The van der Waals surface area contributed by atoms with Crippen molar-refractivity contribution >= 4 is 28.3 Å². The minimum atomic E-state index is -0.338. The fraction of sp³-hybridized carbons (Fsp3) is 0.286. The van der Waals surface area contributed by atoms with Gasteiger partial charge in [0.05, 0.1) is 18.4 Å². The maximum absolute atomic E-state index is 13.2. The van der Waals surface area contributed by atoms with Crippen molar-refractivity contribution in [2.24, 2.45) is 0 Å². The Kier molecular flexibility index (Phi) is 7.81. The van der Waals surface area contributed by atoms with Crippen LogP contribution in [0.25, 0.3) is 10.8 Å². The number of hydrogen-bond acceptors (Lipinski definition) is 4. The summed E-state index contributed by atoms with van der Waals surface area (Å²) in [5.41, 5.74) is 2.32. The second-order valence-electron chi connectivity index (χ2n) is 8.35. The summed E-state index contributed by atoms with van der Waals surface area (Å²) in [6.07, 6.45) is 7.89. The summed E-state index contributed by atoms with van der Waals surface area (Å²) >= 11 is 0. The lowest BCUT2D eigenvalue weighted by Crippen LogP contribution is -2.30. The Morgan fingerprint density at radius 1 is 0.941 bits per heavy atom. The van der Waals surface area contributed by atoms with Crippen LogP contribution in [0.15, 0.2) is 72.3 Å². The SMILES string of the molecule is COc1ccccc1NC(=O)c1cc2ccccc2cc1OCC(=O)NCCC1=CCCCC1. The predicted molar refractivity (Wildman–Crippen MR) is 135 cm³/mol. The number of benzene rings is 3. The van der Waals surface area contributed by atoms with Gasteiger partial charge in [-0.2, -0.15) is 0 Å². The van der Waals surface area contributed by atoms with Gasteiger partial charge in [0.1, 0.15) is 11.5 Å². The van der Waals surface area contributed by atoms with Gasteiger partial charge in [-0.1, -0.05) is 48.0 Å². The zero-order valence-corrected chi connectivity index (χ0v) is 19.4. The quantitative estimate of drug-likeness (QED) is 0.416. The minimum absolute atomic E-state index is 0.160. The molecule has 2 N–H and O–H groups in total. The van der Waals surface area contributed by atoms with Crippen molar-refractivity contribution in [2.45, 2.75) is 32.1 Å². The highest BCUT2D eigenvalue weighted by molar-refractivity contribution is 6.09. The molecule has 0 bridgehead atoms. The summed E-state index contributed by atoms with van der Waals surface area (Å²) in [5, 5.41) is 7.64. The van der Waals surface area contributed by atoms with Crippen molar-refractivity contribution in [3.63, 3.8) is 0 Å². The number of methoxy groups -OCH3 is 1. The summed E-state index contributed by atoms with van der Waals surface area (Å²) in [6, 6.07) is 18.5. The largest absolute Gasteiger partial charge is 0.495 e. The van der Waals surface area contributed by atoms with Gasteiger partial charge in [0.25, 0.3) is 11.8 Å². The molecule has 0 heterocycles. The van der Waals surface area contributed by atoms with E-state index >= 15 is 0 Å². The van der Waals surface area contributed by atoms with Crippen LogP contribution in [0.4, 0.5) is 5.69 Å². The summed E-state index contributed by atoms with van der Waals surface area (Å²) in [4.78, 5) is 25.6. The summed E-state index contributed by atoms with van der Waals surface area (Å²) < 4.78 is 11.2. The molecule has 1 aliphatic carbocycles. The van der Waals surface area contributed by atoms with Gasteiger partial charge in [0, 0.05) is 6.54 Å². The molecule has 0 atom stereocenters. The van der Waals surface area contributed by atoms with E-state index in [1.165, 1.54) is 18.4 Å². The molecule has 0 saturated carbocycles. The first kappa shape index (κ1) is 23.4. The van der Waals surface area contributed by atoms with Crippen molar-refractivity contribution in [3.8, 4) is 11.5 Å². The van der Waals surface area contributed by atoms with Crippen LogP contribution in [0.2, 0.25) is 0 Å². The molecule has 0 aromatic heterocycles. The fourth-order valence-corrected chi connectivity index (χ4v) is 4.14. The molecule has 6 heteroatoms. The first-order valence-corrected chi connectivity index (χ1v) is 11.7. The lowest BCUT2D eigenvalue weighted by atomic mass is 9.97. The van der Waals surface area contributed by atoms with E-state index < -0.39 is 0 Å². The number of allylic oxidation sites excluding steroid dienone is 1. The molecule has 6 nitrogen and oxygen atoms in total. The average molecular weight is 459 g/mol. The molecular formula is C28H30N2O4. The predicted octanol–water partition coefficient (Wildman–Crippen LogP) is 5.49. The van der Waals surface area contributed by atoms with E-state index in [1.807, 2.05) is 36.4 Å². The lowest BCUT2D eigenvalue weighted by molar-refractivity contribution is -0.123. The molecule has 0 saturated heterocycles. The van der Waals surface area contributed by atoms with Crippen LogP contribution < -0.4 is 20.1 Å². The lowest BCUT2D eigenvalue weighted by Gasteiger charge is -2.15. The number of amides is 2. The highest BCUT2D eigenvalue weighted by Crippen LogP contribution is 2.29. The van der Waals surface area contributed by atoms with Gasteiger partial charge in [-0.15, -0.1) is 0 Å². The number of nitrogens with one attached hydrogen (secondary N) is 2. The Morgan fingerprint density at radius 2 is 1.71 bits per heavy atom. The Morgan fingerprint density at radius 3 is 2.47 bits per heavy atom. The Bertz CT molecular complexity index is 1200. The monoisotopic (exact) mass is 458 g/mol. The van der Waals surface area contributed by atoms with E-state index in [2.05, 4.69) is 16.7 Å². The first-order chi connectivity index (χ1) is 16.6. The number of hydrogen-bond donors (Lipinski definition) is 2. The maximum atomic E-state index is 13.2. The van der Waals surface area contributed by atoms with Crippen molar-refractivity contribution in [3.05, 3.63) is 77.9 Å². The van der Waals surface area contributed by atoms with Gasteiger partial charge in [-0.25, -0.2) is 0 Å². The molecule has 4 rings (SSSR count). The second-order valence-corrected chi connectivity index (χ2v) is 8.35. The molecule has 0 fully saturated rings. The van der Waals surface area contributed by atoms with Crippen molar-refractivity contribution in [1.82, 2.24) is 5.32 Å². The smallest absolute Gasteiger partial charge is 0.259 e. The Balaban J connectivity index is 1.46. The summed E-state index contributed by atoms with van der Waals surface area (Å²) in [7, 11) is 1.55. The zero-order chi connectivity index (χ0) is 23.8. The molecule has 0 unspecified atom stereocenters. The molecule has 1 aliphatic rings. The molecule has 0 radical (unpaired) electrons. The summed E-state index contributed by atoms with van der Waals surface area (Å²) in [6.45, 7) is 0.430.